The molecule has 0 spiro atoms. The van der Waals surface area contributed by atoms with Gasteiger partial charge in [-0.2, -0.15) is 0 Å². The maximum atomic E-state index is 8.70. The molecule has 0 fully saturated rings. The second-order valence-electron chi connectivity index (χ2n) is 4.46. The highest BCUT2D eigenvalue weighted by Gasteiger charge is 1.97. The Kier molecular flexibility index (Phi) is 8.26. The van der Waals surface area contributed by atoms with Crippen LogP contribution in [0, 0.1) is 0 Å². The van der Waals surface area contributed by atoms with Gasteiger partial charge in [0.05, 0.1) is 13.2 Å². The fraction of sp³-hybridized carbons (Fsp3) is 0.600. The number of aliphatic hydroxyl groups excluding tert-OH is 1. The summed E-state index contributed by atoms with van der Waals surface area (Å²) >= 11 is 0. The lowest BCUT2D eigenvalue weighted by Crippen LogP contribution is -2.17. The Morgan fingerprint density at radius 1 is 1.22 bits per heavy atom. The molecule has 18 heavy (non-hydrogen) atoms. The van der Waals surface area contributed by atoms with Crippen LogP contribution < -0.4 is 10.1 Å². The van der Waals surface area contributed by atoms with E-state index in [0.29, 0.717) is 6.54 Å². The van der Waals surface area contributed by atoms with Crippen LogP contribution >= 0.6 is 0 Å². The number of aliphatic hydroxyl groups is 1. The van der Waals surface area contributed by atoms with Crippen molar-refractivity contribution in [1.82, 2.24) is 5.32 Å². The zero-order chi connectivity index (χ0) is 13.1. The van der Waals surface area contributed by atoms with E-state index in [1.54, 1.807) is 0 Å². The summed E-state index contributed by atoms with van der Waals surface area (Å²) < 4.78 is 5.72. The summed E-state index contributed by atoms with van der Waals surface area (Å²) in [5.74, 6) is 0.940. The first-order chi connectivity index (χ1) is 8.86. The number of hydrogen-bond donors (Lipinski definition) is 2. The highest BCUT2D eigenvalue weighted by Crippen LogP contribution is 2.14. The van der Waals surface area contributed by atoms with Crippen LogP contribution in [0.25, 0.3) is 0 Å². The Morgan fingerprint density at radius 2 is 2.11 bits per heavy atom. The Labute approximate surface area is 110 Å². The summed E-state index contributed by atoms with van der Waals surface area (Å²) in [6.45, 7) is 4.58. The molecule has 0 saturated heterocycles. The van der Waals surface area contributed by atoms with Crippen molar-refractivity contribution in [2.24, 2.45) is 0 Å². The van der Waals surface area contributed by atoms with E-state index < -0.39 is 0 Å². The number of unbranched alkanes of at least 4 members (excludes halogenated alkanes) is 3. The van der Waals surface area contributed by atoms with E-state index in [9.17, 15) is 0 Å². The maximum absolute atomic E-state index is 8.70. The van der Waals surface area contributed by atoms with Crippen LogP contribution in [0.2, 0.25) is 0 Å². The van der Waals surface area contributed by atoms with E-state index in [4.69, 9.17) is 9.84 Å². The van der Waals surface area contributed by atoms with Crippen LogP contribution in [-0.4, -0.2) is 24.9 Å². The molecule has 0 bridgehead atoms. The topological polar surface area (TPSA) is 41.5 Å². The third-order valence-electron chi connectivity index (χ3n) is 2.78. The first-order valence-corrected chi connectivity index (χ1v) is 6.90. The van der Waals surface area contributed by atoms with Crippen molar-refractivity contribution in [3.05, 3.63) is 29.8 Å². The van der Waals surface area contributed by atoms with Crippen LogP contribution in [0.4, 0.5) is 0 Å². The van der Waals surface area contributed by atoms with E-state index in [2.05, 4.69) is 24.4 Å². The Balaban J connectivity index is 2.26. The van der Waals surface area contributed by atoms with Crippen LogP contribution in [0.3, 0.4) is 0 Å². The number of hydrogen-bond acceptors (Lipinski definition) is 3. The van der Waals surface area contributed by atoms with Crippen molar-refractivity contribution in [3.8, 4) is 5.75 Å². The molecule has 0 atom stereocenters. The van der Waals surface area contributed by atoms with Crippen molar-refractivity contribution >= 4 is 0 Å². The Morgan fingerprint density at radius 3 is 2.89 bits per heavy atom. The molecule has 1 aromatic carbocycles. The van der Waals surface area contributed by atoms with Crippen LogP contribution in [0.5, 0.6) is 5.75 Å². The highest BCUT2D eigenvalue weighted by molar-refractivity contribution is 5.28. The summed E-state index contributed by atoms with van der Waals surface area (Å²) in [5.41, 5.74) is 1.19. The van der Waals surface area contributed by atoms with Crippen molar-refractivity contribution in [2.45, 2.75) is 39.2 Å². The minimum absolute atomic E-state index is 0.174. The largest absolute Gasteiger partial charge is 0.494 e. The summed E-state index contributed by atoms with van der Waals surface area (Å²) in [5, 5.41) is 11.9. The molecular formula is C15H25NO2. The fourth-order valence-electron chi connectivity index (χ4n) is 1.78. The van der Waals surface area contributed by atoms with Gasteiger partial charge in [0.25, 0.3) is 0 Å². The molecule has 0 radical (unpaired) electrons. The second-order valence-corrected chi connectivity index (χ2v) is 4.46. The van der Waals surface area contributed by atoms with Gasteiger partial charge in [0, 0.05) is 13.1 Å². The van der Waals surface area contributed by atoms with Gasteiger partial charge in [0.1, 0.15) is 5.75 Å². The molecule has 0 aromatic heterocycles. The van der Waals surface area contributed by atoms with Crippen molar-refractivity contribution in [2.75, 3.05) is 19.8 Å². The lowest BCUT2D eigenvalue weighted by Gasteiger charge is -2.08. The molecule has 0 aliphatic heterocycles. The third-order valence-corrected chi connectivity index (χ3v) is 2.78. The van der Waals surface area contributed by atoms with Gasteiger partial charge in [-0.1, -0.05) is 38.3 Å². The first-order valence-electron chi connectivity index (χ1n) is 6.90. The number of nitrogens with one attached hydrogen (secondary N) is 1. The van der Waals surface area contributed by atoms with E-state index in [-0.39, 0.29) is 6.61 Å². The molecule has 0 aliphatic carbocycles. The minimum atomic E-state index is 0.174. The average Bonchev–Trinajstić information content (AvgIpc) is 2.39. The Hall–Kier alpha value is -1.06. The predicted octanol–water partition coefficient (Wildman–Crippen LogP) is 2.73. The zero-order valence-electron chi connectivity index (χ0n) is 11.3. The summed E-state index contributed by atoms with van der Waals surface area (Å²) in [6, 6.07) is 8.13. The molecule has 0 aliphatic rings. The van der Waals surface area contributed by atoms with E-state index >= 15 is 0 Å². The predicted molar refractivity (Wildman–Crippen MR) is 74.9 cm³/mol. The van der Waals surface area contributed by atoms with Crippen LogP contribution in [0.1, 0.15) is 38.2 Å². The average molecular weight is 251 g/mol. The normalized spacial score (nSPS) is 10.6. The molecule has 0 saturated carbocycles. The molecule has 3 heteroatoms. The lowest BCUT2D eigenvalue weighted by molar-refractivity contribution is 0.291. The molecule has 0 heterocycles. The van der Waals surface area contributed by atoms with Gasteiger partial charge >= 0.3 is 0 Å². The second kappa shape index (κ2) is 9.92. The van der Waals surface area contributed by atoms with Crippen molar-refractivity contribution in [3.63, 3.8) is 0 Å². The Bertz CT molecular complexity index is 315. The smallest absolute Gasteiger partial charge is 0.119 e. The fourth-order valence-corrected chi connectivity index (χ4v) is 1.78. The SMILES string of the molecule is CCCCCCOc1cccc(CNCCO)c1. The molecule has 102 valence electrons. The maximum Gasteiger partial charge on any atom is 0.119 e. The first kappa shape index (κ1) is 15.0. The summed E-state index contributed by atoms with van der Waals surface area (Å²) in [7, 11) is 0. The summed E-state index contributed by atoms with van der Waals surface area (Å²) in [6.07, 6.45) is 4.91. The number of benzene rings is 1. The molecular weight excluding hydrogens is 226 g/mol. The van der Waals surface area contributed by atoms with Crippen molar-refractivity contribution in [1.29, 1.82) is 0 Å². The van der Waals surface area contributed by atoms with E-state index in [1.807, 2.05) is 12.1 Å². The lowest BCUT2D eigenvalue weighted by atomic mass is 10.2. The van der Waals surface area contributed by atoms with E-state index in [0.717, 1.165) is 25.3 Å². The quantitative estimate of drug-likeness (QED) is 0.628. The van der Waals surface area contributed by atoms with Crippen LogP contribution in [0.15, 0.2) is 24.3 Å². The summed E-state index contributed by atoms with van der Waals surface area (Å²) in [4.78, 5) is 0. The molecule has 0 amide bonds. The third kappa shape index (κ3) is 6.62. The highest BCUT2D eigenvalue weighted by atomic mass is 16.5. The monoisotopic (exact) mass is 251 g/mol. The molecule has 1 aromatic rings. The van der Waals surface area contributed by atoms with Gasteiger partial charge in [0.15, 0.2) is 0 Å². The van der Waals surface area contributed by atoms with E-state index in [1.165, 1.54) is 24.8 Å². The molecule has 3 nitrogen and oxygen atoms in total. The minimum Gasteiger partial charge on any atom is -0.494 e. The zero-order valence-corrected chi connectivity index (χ0v) is 11.3. The van der Waals surface area contributed by atoms with Gasteiger partial charge in [0.2, 0.25) is 0 Å². The number of ether oxygens (including phenoxy) is 1. The van der Waals surface area contributed by atoms with Crippen LogP contribution in [-0.2, 0) is 6.54 Å². The van der Waals surface area contributed by atoms with Crippen molar-refractivity contribution < 1.29 is 9.84 Å². The van der Waals surface area contributed by atoms with Gasteiger partial charge in [-0.3, -0.25) is 0 Å². The van der Waals surface area contributed by atoms with Gasteiger partial charge in [-0.15, -0.1) is 0 Å². The van der Waals surface area contributed by atoms with Gasteiger partial charge < -0.3 is 15.2 Å². The number of rotatable bonds is 10. The molecule has 2 N–H and O–H groups in total. The van der Waals surface area contributed by atoms with Gasteiger partial charge in [-0.25, -0.2) is 0 Å². The standard InChI is InChI=1S/C15H25NO2/c1-2-3-4-5-11-18-15-8-6-7-14(12-15)13-16-9-10-17/h6-8,12,16-17H,2-5,9-11,13H2,1H3. The molecule has 0 unspecified atom stereocenters. The van der Waals surface area contributed by atoms with Gasteiger partial charge in [-0.05, 0) is 24.1 Å². The molecule has 1 rings (SSSR count).